The lowest BCUT2D eigenvalue weighted by Gasteiger charge is -2.10. The molecule has 1 aromatic carbocycles. The number of aromatic nitrogens is 1. The number of hydrogen-bond donors (Lipinski definition) is 2. The van der Waals surface area contributed by atoms with Crippen molar-refractivity contribution in [3.63, 3.8) is 0 Å². The summed E-state index contributed by atoms with van der Waals surface area (Å²) in [7, 11) is 1.75. The van der Waals surface area contributed by atoms with Gasteiger partial charge in [0.05, 0.1) is 5.56 Å². The largest absolute Gasteiger partial charge is 0.416 e. The fourth-order valence-corrected chi connectivity index (χ4v) is 1.74. The summed E-state index contributed by atoms with van der Waals surface area (Å²) in [5.41, 5.74) is 0.729. The zero-order valence-corrected chi connectivity index (χ0v) is 10.8. The SMILES string of the molecule is CNc1cc(NCc2cccc(C(F)(F)F)c2)ccn1. The lowest BCUT2D eigenvalue weighted by molar-refractivity contribution is -0.137. The smallest absolute Gasteiger partial charge is 0.381 e. The minimum Gasteiger partial charge on any atom is -0.381 e. The molecule has 0 fully saturated rings. The van der Waals surface area contributed by atoms with Gasteiger partial charge >= 0.3 is 6.18 Å². The Hall–Kier alpha value is -2.24. The third kappa shape index (κ3) is 3.63. The van der Waals surface area contributed by atoms with Crippen molar-refractivity contribution in [1.29, 1.82) is 0 Å². The quantitative estimate of drug-likeness (QED) is 0.896. The molecular formula is C14H14F3N3. The van der Waals surface area contributed by atoms with Crippen molar-refractivity contribution >= 4 is 11.5 Å². The molecule has 20 heavy (non-hydrogen) atoms. The van der Waals surface area contributed by atoms with Gasteiger partial charge in [-0.25, -0.2) is 4.98 Å². The molecule has 6 heteroatoms. The molecule has 0 amide bonds. The zero-order chi connectivity index (χ0) is 14.6. The Morgan fingerprint density at radius 1 is 1.15 bits per heavy atom. The van der Waals surface area contributed by atoms with Crippen LogP contribution in [0.1, 0.15) is 11.1 Å². The van der Waals surface area contributed by atoms with Crippen LogP contribution in [0.25, 0.3) is 0 Å². The van der Waals surface area contributed by atoms with Gasteiger partial charge in [0.2, 0.25) is 0 Å². The third-order valence-corrected chi connectivity index (χ3v) is 2.77. The van der Waals surface area contributed by atoms with E-state index in [1.807, 2.05) is 0 Å². The number of rotatable bonds is 4. The highest BCUT2D eigenvalue weighted by molar-refractivity contribution is 5.51. The van der Waals surface area contributed by atoms with Crippen molar-refractivity contribution in [3.05, 3.63) is 53.7 Å². The maximum atomic E-state index is 12.6. The van der Waals surface area contributed by atoms with E-state index in [1.165, 1.54) is 6.07 Å². The fourth-order valence-electron chi connectivity index (χ4n) is 1.74. The van der Waals surface area contributed by atoms with Crippen molar-refractivity contribution in [2.45, 2.75) is 12.7 Å². The average molecular weight is 281 g/mol. The second kappa shape index (κ2) is 5.81. The number of nitrogens with zero attached hydrogens (tertiary/aromatic N) is 1. The Balaban J connectivity index is 2.07. The normalized spacial score (nSPS) is 11.2. The highest BCUT2D eigenvalue weighted by Gasteiger charge is 2.30. The van der Waals surface area contributed by atoms with E-state index in [0.717, 1.165) is 17.8 Å². The summed E-state index contributed by atoms with van der Waals surface area (Å²) >= 11 is 0. The molecule has 0 saturated heterocycles. The van der Waals surface area contributed by atoms with E-state index >= 15 is 0 Å². The van der Waals surface area contributed by atoms with Crippen molar-refractivity contribution < 1.29 is 13.2 Å². The Labute approximate surface area is 114 Å². The highest BCUT2D eigenvalue weighted by Crippen LogP contribution is 2.29. The highest BCUT2D eigenvalue weighted by atomic mass is 19.4. The Kier molecular flexibility index (Phi) is 4.12. The molecule has 1 heterocycles. The molecule has 0 saturated carbocycles. The van der Waals surface area contributed by atoms with E-state index in [0.29, 0.717) is 17.9 Å². The van der Waals surface area contributed by atoms with E-state index in [4.69, 9.17) is 0 Å². The number of alkyl halides is 3. The molecule has 0 aliphatic rings. The average Bonchev–Trinajstić information content (AvgIpc) is 2.45. The number of pyridine rings is 1. The maximum Gasteiger partial charge on any atom is 0.416 e. The first kappa shape index (κ1) is 14.2. The maximum absolute atomic E-state index is 12.6. The van der Waals surface area contributed by atoms with Gasteiger partial charge in [-0.1, -0.05) is 12.1 Å². The van der Waals surface area contributed by atoms with Gasteiger partial charge in [0.25, 0.3) is 0 Å². The van der Waals surface area contributed by atoms with Crippen LogP contribution in [0.2, 0.25) is 0 Å². The van der Waals surface area contributed by atoms with E-state index in [-0.39, 0.29) is 0 Å². The molecule has 3 nitrogen and oxygen atoms in total. The summed E-state index contributed by atoms with van der Waals surface area (Å²) < 4.78 is 37.8. The lowest BCUT2D eigenvalue weighted by Crippen LogP contribution is -2.07. The molecule has 2 N–H and O–H groups in total. The van der Waals surface area contributed by atoms with Gasteiger partial charge in [0, 0.05) is 31.5 Å². The number of nitrogens with one attached hydrogen (secondary N) is 2. The topological polar surface area (TPSA) is 37.0 Å². The summed E-state index contributed by atoms with van der Waals surface area (Å²) in [5, 5.41) is 5.96. The first-order valence-corrected chi connectivity index (χ1v) is 6.03. The fraction of sp³-hybridized carbons (Fsp3) is 0.214. The van der Waals surface area contributed by atoms with Crippen LogP contribution in [-0.4, -0.2) is 12.0 Å². The van der Waals surface area contributed by atoms with Crippen LogP contribution in [0.5, 0.6) is 0 Å². The lowest BCUT2D eigenvalue weighted by atomic mass is 10.1. The molecule has 106 valence electrons. The molecule has 0 unspecified atom stereocenters. The molecule has 0 atom stereocenters. The molecule has 2 rings (SSSR count). The summed E-state index contributed by atoms with van der Waals surface area (Å²) in [6.07, 6.45) is -2.69. The van der Waals surface area contributed by atoms with E-state index < -0.39 is 11.7 Å². The standard InChI is InChI=1S/C14H14F3N3/c1-18-13-8-12(5-6-19-13)20-9-10-3-2-4-11(7-10)14(15,16)17/h2-8H,9H2,1H3,(H2,18,19,20). The van der Waals surface area contributed by atoms with Crippen LogP contribution < -0.4 is 10.6 Å². The summed E-state index contributed by atoms with van der Waals surface area (Å²) in [6.45, 7) is 0.317. The molecule has 0 radical (unpaired) electrons. The van der Waals surface area contributed by atoms with Gasteiger partial charge in [0.1, 0.15) is 5.82 Å². The Bertz CT molecular complexity index is 582. The van der Waals surface area contributed by atoms with Crippen LogP contribution in [0, 0.1) is 0 Å². The predicted molar refractivity (Wildman–Crippen MR) is 72.6 cm³/mol. The van der Waals surface area contributed by atoms with E-state index in [2.05, 4.69) is 15.6 Å². The second-order valence-corrected chi connectivity index (χ2v) is 4.23. The number of halogens is 3. The van der Waals surface area contributed by atoms with Gasteiger partial charge in [-0.15, -0.1) is 0 Å². The van der Waals surface area contributed by atoms with Gasteiger partial charge in [-0.05, 0) is 23.8 Å². The number of anilines is 2. The van der Waals surface area contributed by atoms with Gasteiger partial charge < -0.3 is 10.6 Å². The molecule has 0 bridgehead atoms. The molecule has 0 aliphatic heterocycles. The monoisotopic (exact) mass is 281 g/mol. The Morgan fingerprint density at radius 2 is 1.95 bits per heavy atom. The molecule has 0 aliphatic carbocycles. The van der Waals surface area contributed by atoms with Crippen LogP contribution in [0.15, 0.2) is 42.6 Å². The van der Waals surface area contributed by atoms with Gasteiger partial charge in [-0.3, -0.25) is 0 Å². The predicted octanol–water partition coefficient (Wildman–Crippen LogP) is 3.75. The van der Waals surface area contributed by atoms with Gasteiger partial charge in [0.15, 0.2) is 0 Å². The van der Waals surface area contributed by atoms with Crippen LogP contribution in [-0.2, 0) is 12.7 Å². The van der Waals surface area contributed by atoms with Crippen LogP contribution in [0.4, 0.5) is 24.7 Å². The number of hydrogen-bond acceptors (Lipinski definition) is 3. The van der Waals surface area contributed by atoms with E-state index in [9.17, 15) is 13.2 Å². The summed E-state index contributed by atoms with van der Waals surface area (Å²) in [5.74, 6) is 0.694. The third-order valence-electron chi connectivity index (χ3n) is 2.77. The summed E-state index contributed by atoms with van der Waals surface area (Å²) in [6, 6.07) is 8.82. The van der Waals surface area contributed by atoms with Gasteiger partial charge in [-0.2, -0.15) is 13.2 Å². The first-order valence-electron chi connectivity index (χ1n) is 6.03. The van der Waals surface area contributed by atoms with Crippen molar-refractivity contribution in [3.8, 4) is 0 Å². The molecule has 0 spiro atoms. The van der Waals surface area contributed by atoms with Crippen LogP contribution >= 0.6 is 0 Å². The minimum atomic E-state index is -4.31. The Morgan fingerprint density at radius 3 is 2.65 bits per heavy atom. The molecular weight excluding hydrogens is 267 g/mol. The second-order valence-electron chi connectivity index (χ2n) is 4.23. The molecule has 2 aromatic rings. The van der Waals surface area contributed by atoms with Crippen molar-refractivity contribution in [2.24, 2.45) is 0 Å². The minimum absolute atomic E-state index is 0.317. The number of benzene rings is 1. The molecule has 1 aromatic heterocycles. The van der Waals surface area contributed by atoms with E-state index in [1.54, 1.807) is 31.4 Å². The summed E-state index contributed by atoms with van der Waals surface area (Å²) in [4.78, 5) is 4.06. The van der Waals surface area contributed by atoms with Crippen molar-refractivity contribution in [2.75, 3.05) is 17.7 Å². The van der Waals surface area contributed by atoms with Crippen LogP contribution in [0.3, 0.4) is 0 Å². The zero-order valence-electron chi connectivity index (χ0n) is 10.8. The first-order chi connectivity index (χ1) is 9.49. The van der Waals surface area contributed by atoms with Crippen molar-refractivity contribution in [1.82, 2.24) is 4.98 Å².